The maximum absolute atomic E-state index is 12.0. The van der Waals surface area contributed by atoms with Crippen molar-refractivity contribution in [3.63, 3.8) is 0 Å². The Morgan fingerprint density at radius 1 is 1.30 bits per heavy atom. The molecule has 0 bridgehead atoms. The van der Waals surface area contributed by atoms with Gasteiger partial charge >= 0.3 is 0 Å². The molecule has 23 heavy (non-hydrogen) atoms. The van der Waals surface area contributed by atoms with Gasteiger partial charge in [-0.1, -0.05) is 31.6 Å². The fourth-order valence-corrected chi connectivity index (χ4v) is 2.55. The van der Waals surface area contributed by atoms with E-state index in [9.17, 15) is 9.90 Å². The van der Waals surface area contributed by atoms with E-state index in [-0.39, 0.29) is 5.91 Å². The molecule has 4 nitrogen and oxygen atoms in total. The van der Waals surface area contributed by atoms with E-state index in [1.54, 1.807) is 0 Å². The number of nitrogens with one attached hydrogen (secondary N) is 1. The number of benzene rings is 1. The third-order valence-corrected chi connectivity index (χ3v) is 3.66. The van der Waals surface area contributed by atoms with E-state index in [0.717, 1.165) is 11.3 Å². The molecular formula is C19H25NO3. The Bertz CT molecular complexity index is 623. The topological polar surface area (TPSA) is 58.6 Å². The number of allylic oxidation sites excluding steroid dienone is 1. The summed E-state index contributed by atoms with van der Waals surface area (Å²) in [5, 5.41) is 12.7. The van der Waals surface area contributed by atoms with Gasteiger partial charge in [0.15, 0.2) is 6.23 Å². The quantitative estimate of drug-likeness (QED) is 0.792. The average molecular weight is 315 g/mol. The SMILES string of the molecule is CC(C)=CCOc1ccc(C2=C(CC(C)C)C(=O)NC2O)cc1. The van der Waals surface area contributed by atoms with Crippen LogP contribution in [0.25, 0.3) is 5.57 Å². The van der Waals surface area contributed by atoms with Crippen molar-refractivity contribution >= 4 is 11.5 Å². The molecule has 1 aliphatic rings. The molecule has 1 unspecified atom stereocenters. The summed E-state index contributed by atoms with van der Waals surface area (Å²) in [6, 6.07) is 7.50. The number of aliphatic hydroxyl groups is 1. The number of ether oxygens (including phenoxy) is 1. The predicted molar refractivity (Wildman–Crippen MR) is 91.9 cm³/mol. The Kier molecular flexibility index (Phi) is 5.61. The second kappa shape index (κ2) is 7.47. The molecule has 1 atom stereocenters. The van der Waals surface area contributed by atoms with Crippen LogP contribution in [0, 0.1) is 5.92 Å². The Morgan fingerprint density at radius 2 is 1.96 bits per heavy atom. The lowest BCUT2D eigenvalue weighted by molar-refractivity contribution is -0.118. The summed E-state index contributed by atoms with van der Waals surface area (Å²) in [7, 11) is 0. The van der Waals surface area contributed by atoms with E-state index in [2.05, 4.69) is 19.2 Å². The minimum absolute atomic E-state index is 0.176. The van der Waals surface area contributed by atoms with Gasteiger partial charge in [-0.3, -0.25) is 4.79 Å². The summed E-state index contributed by atoms with van der Waals surface area (Å²) < 4.78 is 5.64. The molecule has 0 fully saturated rings. The van der Waals surface area contributed by atoms with E-state index in [0.29, 0.717) is 30.1 Å². The van der Waals surface area contributed by atoms with Crippen molar-refractivity contribution in [3.05, 3.63) is 47.1 Å². The first kappa shape index (κ1) is 17.3. The zero-order valence-corrected chi connectivity index (χ0v) is 14.2. The number of carbonyl (C=O) groups excluding carboxylic acids is 1. The van der Waals surface area contributed by atoms with Crippen molar-refractivity contribution in [2.75, 3.05) is 6.61 Å². The molecule has 1 aliphatic heterocycles. The molecule has 2 rings (SSSR count). The molecule has 0 radical (unpaired) electrons. The van der Waals surface area contributed by atoms with Crippen LogP contribution in [0.1, 0.15) is 39.7 Å². The van der Waals surface area contributed by atoms with Crippen LogP contribution in [0.5, 0.6) is 5.75 Å². The maximum atomic E-state index is 12.0. The van der Waals surface area contributed by atoms with Crippen LogP contribution >= 0.6 is 0 Å². The fourth-order valence-electron chi connectivity index (χ4n) is 2.55. The summed E-state index contributed by atoms with van der Waals surface area (Å²) >= 11 is 0. The third kappa shape index (κ3) is 4.45. The van der Waals surface area contributed by atoms with Gasteiger partial charge in [0, 0.05) is 11.1 Å². The van der Waals surface area contributed by atoms with E-state index in [1.165, 1.54) is 5.57 Å². The lowest BCUT2D eigenvalue weighted by atomic mass is 9.95. The lowest BCUT2D eigenvalue weighted by Gasteiger charge is -2.12. The van der Waals surface area contributed by atoms with Crippen molar-refractivity contribution in [2.24, 2.45) is 5.92 Å². The van der Waals surface area contributed by atoms with E-state index in [1.807, 2.05) is 44.2 Å². The van der Waals surface area contributed by atoms with Crippen LogP contribution in [0.15, 0.2) is 41.5 Å². The number of hydrogen-bond acceptors (Lipinski definition) is 3. The molecule has 0 aromatic heterocycles. The zero-order chi connectivity index (χ0) is 17.0. The van der Waals surface area contributed by atoms with Crippen molar-refractivity contribution in [3.8, 4) is 5.75 Å². The monoisotopic (exact) mass is 315 g/mol. The van der Waals surface area contributed by atoms with Crippen molar-refractivity contribution in [1.29, 1.82) is 0 Å². The predicted octanol–water partition coefficient (Wildman–Crippen LogP) is 3.28. The molecule has 2 N–H and O–H groups in total. The van der Waals surface area contributed by atoms with Crippen molar-refractivity contribution in [2.45, 2.75) is 40.3 Å². The normalized spacial score (nSPS) is 17.5. The molecule has 0 saturated heterocycles. The molecule has 0 spiro atoms. The molecule has 1 aromatic rings. The first-order chi connectivity index (χ1) is 10.9. The van der Waals surface area contributed by atoms with E-state index >= 15 is 0 Å². The number of amides is 1. The average Bonchev–Trinajstić information content (AvgIpc) is 2.73. The number of carbonyl (C=O) groups is 1. The summed E-state index contributed by atoms with van der Waals surface area (Å²) in [5.74, 6) is 0.942. The number of hydrogen-bond donors (Lipinski definition) is 2. The van der Waals surface area contributed by atoms with Gasteiger partial charge in [0.05, 0.1) is 0 Å². The highest BCUT2D eigenvalue weighted by Gasteiger charge is 2.31. The van der Waals surface area contributed by atoms with Crippen LogP contribution < -0.4 is 10.1 Å². The fraction of sp³-hybridized carbons (Fsp3) is 0.421. The molecule has 4 heteroatoms. The Balaban J connectivity index is 2.21. The summed E-state index contributed by atoms with van der Waals surface area (Å²) in [5.41, 5.74) is 3.41. The molecule has 0 saturated carbocycles. The summed E-state index contributed by atoms with van der Waals surface area (Å²) in [6.45, 7) is 8.71. The Hall–Kier alpha value is -2.07. The van der Waals surface area contributed by atoms with Gasteiger partial charge in [-0.25, -0.2) is 0 Å². The molecule has 1 aromatic carbocycles. The smallest absolute Gasteiger partial charge is 0.249 e. The minimum atomic E-state index is -0.936. The van der Waals surface area contributed by atoms with Crippen LogP contribution in [0.3, 0.4) is 0 Å². The van der Waals surface area contributed by atoms with Gasteiger partial charge in [-0.2, -0.15) is 0 Å². The molecule has 0 aliphatic carbocycles. The van der Waals surface area contributed by atoms with Crippen molar-refractivity contribution in [1.82, 2.24) is 5.32 Å². The second-order valence-electron chi connectivity index (χ2n) is 6.48. The standard InChI is InChI=1S/C19H25NO3/c1-12(2)9-10-23-15-7-5-14(6-8-15)17-16(11-13(3)4)18(21)20-19(17)22/h5-9,13,19,22H,10-11H2,1-4H3,(H,20,21). The van der Waals surface area contributed by atoms with Gasteiger partial charge in [0.2, 0.25) is 5.91 Å². The molecular weight excluding hydrogens is 290 g/mol. The summed E-state index contributed by atoms with van der Waals surface area (Å²) in [4.78, 5) is 12.0. The molecule has 1 amide bonds. The second-order valence-corrected chi connectivity index (χ2v) is 6.48. The molecule has 1 heterocycles. The van der Waals surface area contributed by atoms with Gasteiger partial charge in [-0.05, 0) is 50.0 Å². The lowest BCUT2D eigenvalue weighted by Crippen LogP contribution is -2.28. The van der Waals surface area contributed by atoms with E-state index < -0.39 is 6.23 Å². The maximum Gasteiger partial charge on any atom is 0.249 e. The van der Waals surface area contributed by atoms with Gasteiger partial charge in [0.1, 0.15) is 12.4 Å². The minimum Gasteiger partial charge on any atom is -0.490 e. The van der Waals surface area contributed by atoms with Gasteiger partial charge in [0.25, 0.3) is 0 Å². The number of rotatable bonds is 6. The van der Waals surface area contributed by atoms with Gasteiger partial charge in [-0.15, -0.1) is 0 Å². The van der Waals surface area contributed by atoms with Crippen LogP contribution in [0.2, 0.25) is 0 Å². The largest absolute Gasteiger partial charge is 0.490 e. The van der Waals surface area contributed by atoms with E-state index in [4.69, 9.17) is 4.74 Å². The third-order valence-electron chi connectivity index (χ3n) is 3.66. The first-order valence-electron chi connectivity index (χ1n) is 7.97. The van der Waals surface area contributed by atoms with Crippen LogP contribution in [0.4, 0.5) is 0 Å². The van der Waals surface area contributed by atoms with Gasteiger partial charge < -0.3 is 15.2 Å². The summed E-state index contributed by atoms with van der Waals surface area (Å²) in [6.07, 6.45) is 1.73. The number of aliphatic hydroxyl groups excluding tert-OH is 1. The highest BCUT2D eigenvalue weighted by atomic mass is 16.5. The zero-order valence-electron chi connectivity index (χ0n) is 14.2. The van der Waals surface area contributed by atoms with Crippen LogP contribution in [-0.4, -0.2) is 23.8 Å². The Morgan fingerprint density at radius 3 is 2.52 bits per heavy atom. The molecule has 124 valence electrons. The highest BCUT2D eigenvalue weighted by Crippen LogP contribution is 2.31. The highest BCUT2D eigenvalue weighted by molar-refractivity contribution is 6.06. The first-order valence-corrected chi connectivity index (χ1v) is 7.97. The van der Waals surface area contributed by atoms with Crippen LogP contribution in [-0.2, 0) is 4.79 Å². The Labute approximate surface area is 137 Å². The van der Waals surface area contributed by atoms with Crippen molar-refractivity contribution < 1.29 is 14.6 Å².